The van der Waals surface area contributed by atoms with E-state index in [0.717, 1.165) is 35.6 Å². The van der Waals surface area contributed by atoms with Crippen LogP contribution in [0.1, 0.15) is 30.4 Å². The molecular weight excluding hydrogens is 402 g/mol. The number of benzene rings is 1. The number of aryl methyl sites for hydroxylation is 2. The molecule has 0 bridgehead atoms. The monoisotopic (exact) mass is 431 g/mol. The minimum Gasteiger partial charge on any atom is -0.336 e. The lowest BCUT2D eigenvalue weighted by Gasteiger charge is -2.42. The predicted octanol–water partition coefficient (Wildman–Crippen LogP) is 3.13. The average Bonchev–Trinajstić information content (AvgIpc) is 3.14. The zero-order chi connectivity index (χ0) is 22.1. The Kier molecular flexibility index (Phi) is 5.61. The summed E-state index contributed by atoms with van der Waals surface area (Å²) in [5.41, 5.74) is 5.08. The molecule has 0 radical (unpaired) electrons. The van der Waals surface area contributed by atoms with E-state index in [-0.39, 0.29) is 5.91 Å². The number of aromatic nitrogens is 4. The highest BCUT2D eigenvalue weighted by Gasteiger charge is 2.31. The van der Waals surface area contributed by atoms with E-state index in [9.17, 15) is 4.79 Å². The molecule has 1 saturated carbocycles. The molecule has 32 heavy (non-hydrogen) atoms. The smallest absolute Gasteiger partial charge is 0.237 e. The average molecular weight is 432 g/mol. The Hall–Kier alpha value is -3.26. The van der Waals surface area contributed by atoms with Crippen LogP contribution in [0.2, 0.25) is 0 Å². The van der Waals surface area contributed by atoms with E-state index in [0.29, 0.717) is 25.1 Å². The minimum absolute atomic E-state index is 0.244. The minimum atomic E-state index is 0.244. The predicted molar refractivity (Wildman–Crippen MR) is 123 cm³/mol. The normalized spacial score (nSPS) is 17.4. The molecule has 0 unspecified atom stereocenters. The molecular formula is C24H29N7O. The van der Waals surface area contributed by atoms with Crippen molar-refractivity contribution < 1.29 is 4.79 Å². The number of nitrogens with zero attached hydrogens (tertiary/aromatic N) is 6. The first kappa shape index (κ1) is 20.6. The molecule has 2 aliphatic rings. The maximum Gasteiger partial charge on any atom is 0.237 e. The topological polar surface area (TPSA) is 79.2 Å². The maximum absolute atomic E-state index is 12.7. The van der Waals surface area contributed by atoms with Gasteiger partial charge in [-0.15, -0.1) is 0 Å². The molecule has 1 aromatic carbocycles. The summed E-state index contributed by atoms with van der Waals surface area (Å²) >= 11 is 0. The van der Waals surface area contributed by atoms with Crippen molar-refractivity contribution in [3.8, 4) is 11.3 Å². The molecule has 5 rings (SSSR count). The first-order valence-corrected chi connectivity index (χ1v) is 11.3. The van der Waals surface area contributed by atoms with Crippen LogP contribution in [0.5, 0.6) is 0 Å². The summed E-state index contributed by atoms with van der Waals surface area (Å²) in [4.78, 5) is 26.0. The highest BCUT2D eigenvalue weighted by atomic mass is 16.2. The Labute approximate surface area is 188 Å². The van der Waals surface area contributed by atoms with Gasteiger partial charge in [-0.3, -0.25) is 14.4 Å². The lowest BCUT2D eigenvalue weighted by atomic mass is 9.91. The summed E-state index contributed by atoms with van der Waals surface area (Å²) in [6.07, 6.45) is 9.17. The van der Waals surface area contributed by atoms with Gasteiger partial charge in [0.05, 0.1) is 24.1 Å². The maximum atomic E-state index is 12.7. The summed E-state index contributed by atoms with van der Waals surface area (Å²) in [6, 6.07) is 8.87. The number of carbonyl (C=O) groups is 1. The molecule has 0 atom stereocenters. The van der Waals surface area contributed by atoms with Gasteiger partial charge in [-0.2, -0.15) is 5.10 Å². The quantitative estimate of drug-likeness (QED) is 0.646. The third kappa shape index (κ3) is 4.36. The molecule has 1 aliphatic heterocycles. The van der Waals surface area contributed by atoms with Crippen LogP contribution < -0.4 is 5.32 Å². The van der Waals surface area contributed by atoms with Crippen LogP contribution in [0, 0.1) is 6.92 Å². The van der Waals surface area contributed by atoms with Crippen molar-refractivity contribution in [2.24, 2.45) is 7.05 Å². The van der Waals surface area contributed by atoms with Gasteiger partial charge < -0.3 is 10.2 Å². The standard InChI is InChI=1S/C24H29N7O/c1-17-12-18(22-8-9-25-24(28-22)27-20-13-26-29(2)15-20)6-7-19(17)14-31-11-10-30(16-23(31)32)21-4-3-5-21/h6-9,12-13,15,21H,3-5,10-11,14,16H2,1-2H3,(H,25,27,28). The van der Waals surface area contributed by atoms with Crippen LogP contribution in [0.4, 0.5) is 11.6 Å². The fraction of sp³-hybridized carbons (Fsp3) is 0.417. The van der Waals surface area contributed by atoms with Crippen molar-refractivity contribution in [3.63, 3.8) is 0 Å². The molecule has 0 spiro atoms. The van der Waals surface area contributed by atoms with Crippen molar-refractivity contribution >= 4 is 17.5 Å². The fourth-order valence-corrected chi connectivity index (χ4v) is 4.39. The summed E-state index contributed by atoms with van der Waals surface area (Å²) in [6.45, 7) is 5.13. The van der Waals surface area contributed by atoms with Gasteiger partial charge in [0.25, 0.3) is 0 Å². The molecule has 8 nitrogen and oxygen atoms in total. The van der Waals surface area contributed by atoms with Crippen molar-refractivity contribution in [2.45, 2.75) is 38.8 Å². The summed E-state index contributed by atoms with van der Waals surface area (Å²) < 4.78 is 1.73. The van der Waals surface area contributed by atoms with E-state index in [1.54, 1.807) is 17.1 Å². The van der Waals surface area contributed by atoms with Crippen molar-refractivity contribution in [3.05, 3.63) is 54.0 Å². The highest BCUT2D eigenvalue weighted by Crippen LogP contribution is 2.27. The molecule has 1 aliphatic carbocycles. The summed E-state index contributed by atoms with van der Waals surface area (Å²) in [7, 11) is 1.87. The van der Waals surface area contributed by atoms with Gasteiger partial charge in [-0.25, -0.2) is 9.97 Å². The Morgan fingerprint density at radius 2 is 2.06 bits per heavy atom. The van der Waals surface area contributed by atoms with Crippen molar-refractivity contribution in [2.75, 3.05) is 25.0 Å². The number of nitrogens with one attached hydrogen (secondary N) is 1. The second-order valence-electron chi connectivity index (χ2n) is 8.80. The lowest BCUT2D eigenvalue weighted by molar-refractivity contribution is -0.138. The Morgan fingerprint density at radius 1 is 1.19 bits per heavy atom. The van der Waals surface area contributed by atoms with E-state index in [4.69, 9.17) is 0 Å². The van der Waals surface area contributed by atoms with Crippen LogP contribution in [-0.2, 0) is 18.4 Å². The van der Waals surface area contributed by atoms with Crippen molar-refractivity contribution in [1.82, 2.24) is 29.5 Å². The third-order valence-electron chi connectivity index (χ3n) is 6.56. The van der Waals surface area contributed by atoms with E-state index in [2.05, 4.69) is 50.4 Å². The van der Waals surface area contributed by atoms with E-state index < -0.39 is 0 Å². The van der Waals surface area contributed by atoms with Crippen LogP contribution in [0.25, 0.3) is 11.3 Å². The molecule has 1 saturated heterocycles. The molecule has 3 heterocycles. The molecule has 2 aromatic heterocycles. The Morgan fingerprint density at radius 3 is 2.75 bits per heavy atom. The van der Waals surface area contributed by atoms with Gasteiger partial charge in [0.1, 0.15) is 0 Å². The number of amides is 1. The van der Waals surface area contributed by atoms with Crippen LogP contribution >= 0.6 is 0 Å². The second kappa shape index (κ2) is 8.70. The molecule has 2 fully saturated rings. The van der Waals surface area contributed by atoms with Gasteiger partial charge in [-0.05, 0) is 43.0 Å². The van der Waals surface area contributed by atoms with Gasteiger partial charge >= 0.3 is 0 Å². The van der Waals surface area contributed by atoms with E-state index in [1.807, 2.05) is 24.2 Å². The highest BCUT2D eigenvalue weighted by molar-refractivity contribution is 5.79. The van der Waals surface area contributed by atoms with E-state index >= 15 is 0 Å². The SMILES string of the molecule is Cc1cc(-c2ccnc(Nc3cnn(C)c3)n2)ccc1CN1CCN(C2CCC2)CC1=O. The first-order chi connectivity index (χ1) is 15.5. The summed E-state index contributed by atoms with van der Waals surface area (Å²) in [5, 5.41) is 7.34. The van der Waals surface area contributed by atoms with Gasteiger partial charge in [0, 0.05) is 50.7 Å². The second-order valence-corrected chi connectivity index (χ2v) is 8.80. The lowest BCUT2D eigenvalue weighted by Crippen LogP contribution is -2.54. The number of hydrogen-bond donors (Lipinski definition) is 1. The summed E-state index contributed by atoms with van der Waals surface area (Å²) in [5.74, 6) is 0.778. The van der Waals surface area contributed by atoms with Crippen molar-refractivity contribution in [1.29, 1.82) is 0 Å². The van der Waals surface area contributed by atoms with Crippen LogP contribution in [-0.4, -0.2) is 61.1 Å². The van der Waals surface area contributed by atoms with Gasteiger partial charge in [0.2, 0.25) is 11.9 Å². The van der Waals surface area contributed by atoms with Crippen LogP contribution in [0.15, 0.2) is 42.9 Å². The zero-order valence-electron chi connectivity index (χ0n) is 18.7. The largest absolute Gasteiger partial charge is 0.336 e. The number of hydrogen-bond acceptors (Lipinski definition) is 6. The molecule has 3 aromatic rings. The van der Waals surface area contributed by atoms with E-state index in [1.165, 1.54) is 24.8 Å². The zero-order valence-corrected chi connectivity index (χ0v) is 18.7. The molecule has 1 N–H and O–H groups in total. The van der Waals surface area contributed by atoms with Gasteiger partial charge in [-0.1, -0.05) is 18.6 Å². The number of piperazine rings is 1. The molecule has 1 amide bonds. The van der Waals surface area contributed by atoms with Gasteiger partial charge in [0.15, 0.2) is 0 Å². The Balaban J connectivity index is 1.26. The third-order valence-corrected chi connectivity index (χ3v) is 6.56. The first-order valence-electron chi connectivity index (χ1n) is 11.3. The number of anilines is 2. The molecule has 166 valence electrons. The fourth-order valence-electron chi connectivity index (χ4n) is 4.39. The Bertz CT molecular complexity index is 1120. The molecule has 8 heteroatoms. The number of rotatable bonds is 6. The van der Waals surface area contributed by atoms with Crippen LogP contribution in [0.3, 0.4) is 0 Å². The number of carbonyl (C=O) groups excluding carboxylic acids is 1.